The minimum absolute atomic E-state index is 0.163. The lowest BCUT2D eigenvalue weighted by atomic mass is 10.4. The van der Waals surface area contributed by atoms with Gasteiger partial charge < -0.3 is 4.74 Å². The van der Waals surface area contributed by atoms with E-state index in [0.717, 1.165) is 12.0 Å². The molecular formula is C10H20O2Si. The van der Waals surface area contributed by atoms with Crippen molar-refractivity contribution in [2.75, 3.05) is 6.61 Å². The Morgan fingerprint density at radius 2 is 1.92 bits per heavy atom. The van der Waals surface area contributed by atoms with Crippen molar-refractivity contribution in [3.8, 4) is 0 Å². The van der Waals surface area contributed by atoms with E-state index in [4.69, 9.17) is 4.74 Å². The molecule has 0 amide bonds. The van der Waals surface area contributed by atoms with E-state index in [-0.39, 0.29) is 5.97 Å². The number of hydrogen-bond donors (Lipinski definition) is 0. The van der Waals surface area contributed by atoms with Gasteiger partial charge in [0.05, 0.1) is 14.7 Å². The van der Waals surface area contributed by atoms with Crippen LogP contribution in [-0.4, -0.2) is 20.7 Å². The maximum atomic E-state index is 11.3. The number of esters is 1. The first-order chi connectivity index (χ1) is 5.87. The largest absolute Gasteiger partial charge is 0.462 e. The predicted octanol–water partition coefficient (Wildman–Crippen LogP) is 2.76. The maximum Gasteiger partial charge on any atom is 0.332 e. The molecule has 0 aromatic carbocycles. The Kier molecular flexibility index (Phi) is 4.99. The summed E-state index contributed by atoms with van der Waals surface area (Å²) in [6.07, 6.45) is 0.881. The van der Waals surface area contributed by atoms with Crippen LogP contribution in [0.15, 0.2) is 11.3 Å². The Bertz CT molecular complexity index is 201. The summed E-state index contributed by atoms with van der Waals surface area (Å²) in [5.74, 6) is -0.163. The Morgan fingerprint density at radius 3 is 2.31 bits per heavy atom. The molecule has 3 heteroatoms. The molecule has 2 nitrogen and oxygen atoms in total. The van der Waals surface area contributed by atoms with Crippen LogP contribution in [0.25, 0.3) is 0 Å². The Morgan fingerprint density at radius 1 is 1.38 bits per heavy atom. The highest BCUT2D eigenvalue weighted by molar-refractivity contribution is 6.81. The summed E-state index contributed by atoms with van der Waals surface area (Å²) >= 11 is 0. The van der Waals surface area contributed by atoms with Crippen molar-refractivity contribution in [3.05, 3.63) is 11.3 Å². The van der Waals surface area contributed by atoms with Crippen LogP contribution in [0.1, 0.15) is 20.3 Å². The van der Waals surface area contributed by atoms with Crippen molar-refractivity contribution in [2.45, 2.75) is 39.9 Å². The van der Waals surface area contributed by atoms with Gasteiger partial charge in [-0.05, 0) is 13.3 Å². The van der Waals surface area contributed by atoms with Gasteiger partial charge in [0.1, 0.15) is 0 Å². The van der Waals surface area contributed by atoms with E-state index in [1.165, 1.54) is 0 Å². The normalized spacial score (nSPS) is 12.8. The lowest BCUT2D eigenvalue weighted by molar-refractivity contribution is -0.138. The Balaban J connectivity index is 4.17. The molecule has 0 aliphatic rings. The van der Waals surface area contributed by atoms with Crippen LogP contribution in [0.5, 0.6) is 0 Å². The SMILES string of the molecule is CCCOC(=O)/C(C)=C/[Si](C)(C)C. The number of rotatable bonds is 4. The molecule has 0 saturated carbocycles. The van der Waals surface area contributed by atoms with E-state index in [9.17, 15) is 4.79 Å². The molecule has 0 saturated heterocycles. The highest BCUT2D eigenvalue weighted by Crippen LogP contribution is 2.08. The first-order valence-corrected chi connectivity index (χ1v) is 8.31. The maximum absolute atomic E-state index is 11.3. The highest BCUT2D eigenvalue weighted by atomic mass is 28.3. The number of hydrogen-bond acceptors (Lipinski definition) is 2. The second-order valence-corrected chi connectivity index (χ2v) is 9.35. The molecule has 0 fully saturated rings. The van der Waals surface area contributed by atoms with E-state index >= 15 is 0 Å². The smallest absolute Gasteiger partial charge is 0.332 e. The molecule has 0 aromatic heterocycles. The van der Waals surface area contributed by atoms with Gasteiger partial charge in [0.25, 0.3) is 0 Å². The van der Waals surface area contributed by atoms with Crippen LogP contribution in [0.2, 0.25) is 19.6 Å². The molecule has 0 atom stereocenters. The fourth-order valence-electron chi connectivity index (χ4n) is 1.02. The van der Waals surface area contributed by atoms with Crippen LogP contribution < -0.4 is 0 Å². The predicted molar refractivity (Wildman–Crippen MR) is 58.4 cm³/mol. The lowest BCUT2D eigenvalue weighted by Gasteiger charge is -2.11. The van der Waals surface area contributed by atoms with Crippen molar-refractivity contribution in [1.82, 2.24) is 0 Å². The molecule has 0 radical (unpaired) electrons. The third-order valence-corrected chi connectivity index (χ3v) is 2.71. The van der Waals surface area contributed by atoms with Crippen molar-refractivity contribution < 1.29 is 9.53 Å². The third kappa shape index (κ3) is 6.58. The van der Waals surface area contributed by atoms with Crippen LogP contribution in [0.4, 0.5) is 0 Å². The monoisotopic (exact) mass is 200 g/mol. The second kappa shape index (κ2) is 5.22. The molecule has 0 aromatic rings. The second-order valence-electron chi connectivity index (χ2n) is 4.33. The van der Waals surface area contributed by atoms with Gasteiger partial charge in [-0.2, -0.15) is 0 Å². The molecule has 76 valence electrons. The molecule has 0 unspecified atom stereocenters. The van der Waals surface area contributed by atoms with Gasteiger partial charge in [0.15, 0.2) is 0 Å². The summed E-state index contributed by atoms with van der Waals surface area (Å²) in [4.78, 5) is 11.3. The number of carbonyl (C=O) groups is 1. The minimum atomic E-state index is -1.29. The molecule has 0 aliphatic carbocycles. The summed E-state index contributed by atoms with van der Waals surface area (Å²) in [6, 6.07) is 0. The minimum Gasteiger partial charge on any atom is -0.462 e. The number of ether oxygens (including phenoxy) is 1. The molecule has 0 rings (SSSR count). The average Bonchev–Trinajstić information content (AvgIpc) is 1.96. The van der Waals surface area contributed by atoms with Gasteiger partial charge in [0, 0.05) is 5.57 Å². The first-order valence-electron chi connectivity index (χ1n) is 4.73. The van der Waals surface area contributed by atoms with Gasteiger partial charge in [-0.3, -0.25) is 0 Å². The first kappa shape index (κ1) is 12.4. The molecule has 0 heterocycles. The van der Waals surface area contributed by atoms with Crippen LogP contribution in [0.3, 0.4) is 0 Å². The standard InChI is InChI=1S/C10H20O2Si/c1-6-7-12-10(11)9(2)8-13(3,4)5/h8H,6-7H2,1-5H3/b9-8+. The topological polar surface area (TPSA) is 26.3 Å². The zero-order chi connectivity index (χ0) is 10.5. The van der Waals surface area contributed by atoms with Crippen molar-refractivity contribution >= 4 is 14.0 Å². The van der Waals surface area contributed by atoms with Gasteiger partial charge >= 0.3 is 5.97 Å². The summed E-state index contributed by atoms with van der Waals surface area (Å²) in [5, 5.41) is 0. The summed E-state index contributed by atoms with van der Waals surface area (Å²) < 4.78 is 5.01. The summed E-state index contributed by atoms with van der Waals surface area (Å²) in [6.45, 7) is 10.9. The Hall–Kier alpha value is -0.573. The van der Waals surface area contributed by atoms with E-state index in [1.54, 1.807) is 0 Å². The van der Waals surface area contributed by atoms with Crippen molar-refractivity contribution in [3.63, 3.8) is 0 Å². The average molecular weight is 200 g/mol. The van der Waals surface area contributed by atoms with Crippen molar-refractivity contribution in [1.29, 1.82) is 0 Å². The molecule has 13 heavy (non-hydrogen) atoms. The zero-order valence-corrected chi connectivity index (χ0v) is 10.3. The van der Waals surface area contributed by atoms with Gasteiger partial charge in [-0.15, -0.1) is 0 Å². The van der Waals surface area contributed by atoms with E-state index in [0.29, 0.717) is 6.61 Å². The fraction of sp³-hybridized carbons (Fsp3) is 0.700. The molecular weight excluding hydrogens is 180 g/mol. The van der Waals surface area contributed by atoms with Crippen molar-refractivity contribution in [2.24, 2.45) is 0 Å². The lowest BCUT2D eigenvalue weighted by Crippen LogP contribution is -2.19. The van der Waals surface area contributed by atoms with Gasteiger partial charge in [-0.1, -0.05) is 32.3 Å². The quantitative estimate of drug-likeness (QED) is 0.396. The zero-order valence-electron chi connectivity index (χ0n) is 9.31. The van der Waals surface area contributed by atoms with E-state index in [2.05, 4.69) is 25.3 Å². The van der Waals surface area contributed by atoms with Gasteiger partial charge in [0.2, 0.25) is 0 Å². The number of carbonyl (C=O) groups excluding carboxylic acids is 1. The molecule has 0 bridgehead atoms. The highest BCUT2D eigenvalue weighted by Gasteiger charge is 2.13. The molecule has 0 N–H and O–H groups in total. The molecule has 0 spiro atoms. The fourth-order valence-corrected chi connectivity index (χ4v) is 2.43. The van der Waals surface area contributed by atoms with Gasteiger partial charge in [-0.25, -0.2) is 4.79 Å². The summed E-state index contributed by atoms with van der Waals surface area (Å²) in [7, 11) is -1.29. The van der Waals surface area contributed by atoms with E-state index < -0.39 is 8.07 Å². The summed E-state index contributed by atoms with van der Waals surface area (Å²) in [5.41, 5.74) is 2.83. The van der Waals surface area contributed by atoms with Crippen LogP contribution in [0, 0.1) is 0 Å². The van der Waals surface area contributed by atoms with Crippen LogP contribution >= 0.6 is 0 Å². The Labute approximate surface area is 82.0 Å². The third-order valence-electron chi connectivity index (χ3n) is 1.41. The van der Waals surface area contributed by atoms with Crippen LogP contribution in [-0.2, 0) is 9.53 Å². The molecule has 0 aliphatic heterocycles. The van der Waals surface area contributed by atoms with E-state index in [1.807, 2.05) is 13.8 Å².